The van der Waals surface area contributed by atoms with Crippen LogP contribution in [0.15, 0.2) is 53.3 Å². The highest BCUT2D eigenvalue weighted by Crippen LogP contribution is 2.16. The maximum Gasteiger partial charge on any atom is 0.255 e. The van der Waals surface area contributed by atoms with E-state index in [0.29, 0.717) is 16.7 Å². The summed E-state index contributed by atoms with van der Waals surface area (Å²) in [4.78, 5) is 16.1. The highest BCUT2D eigenvalue weighted by molar-refractivity contribution is 6.05. The molecule has 4 heteroatoms. The third-order valence-corrected chi connectivity index (χ3v) is 2.90. The summed E-state index contributed by atoms with van der Waals surface area (Å²) < 4.78 is 5.14. The van der Waals surface area contributed by atoms with Gasteiger partial charge in [0.2, 0.25) is 0 Å². The molecule has 0 atom stereocenters. The number of nitrogens with zero attached hydrogens (tertiary/aromatic N) is 1. The first kappa shape index (κ1) is 11.5. The Hall–Kier alpha value is -2.62. The number of anilines is 1. The molecule has 0 unspecified atom stereocenters. The summed E-state index contributed by atoms with van der Waals surface area (Å²) in [5.74, 6) is -0.159. The standard InChI is InChI=1S/C15H12N2O2/c1-10-2-5-12(6-3-10)17-15(18)11-4-7-14-13(8-11)16-9-19-14/h2-9H,1H3,(H,17,18). The summed E-state index contributed by atoms with van der Waals surface area (Å²) in [6.07, 6.45) is 1.37. The number of oxazole rings is 1. The molecule has 0 radical (unpaired) electrons. The summed E-state index contributed by atoms with van der Waals surface area (Å²) >= 11 is 0. The van der Waals surface area contributed by atoms with E-state index in [4.69, 9.17) is 4.42 Å². The van der Waals surface area contributed by atoms with Crippen molar-refractivity contribution in [2.75, 3.05) is 5.32 Å². The number of nitrogens with one attached hydrogen (secondary N) is 1. The number of amides is 1. The van der Waals surface area contributed by atoms with Crippen LogP contribution >= 0.6 is 0 Å². The number of hydrogen-bond donors (Lipinski definition) is 1. The minimum atomic E-state index is -0.159. The van der Waals surface area contributed by atoms with Gasteiger partial charge in [-0.1, -0.05) is 17.7 Å². The third kappa shape index (κ3) is 2.33. The Bertz CT molecular complexity index is 729. The zero-order valence-corrected chi connectivity index (χ0v) is 10.4. The number of hydrogen-bond acceptors (Lipinski definition) is 3. The van der Waals surface area contributed by atoms with Gasteiger partial charge in [-0.2, -0.15) is 0 Å². The average Bonchev–Trinajstić information content (AvgIpc) is 2.88. The SMILES string of the molecule is Cc1ccc(NC(=O)c2ccc3ocnc3c2)cc1. The van der Waals surface area contributed by atoms with Gasteiger partial charge < -0.3 is 9.73 Å². The number of benzene rings is 2. The molecule has 1 heterocycles. The van der Waals surface area contributed by atoms with Crippen molar-refractivity contribution in [3.05, 3.63) is 60.0 Å². The maximum atomic E-state index is 12.1. The molecule has 0 saturated heterocycles. The van der Waals surface area contributed by atoms with Crippen LogP contribution in [0, 0.1) is 6.92 Å². The monoisotopic (exact) mass is 252 g/mol. The van der Waals surface area contributed by atoms with Gasteiger partial charge in [0, 0.05) is 11.3 Å². The average molecular weight is 252 g/mol. The molecule has 0 aliphatic rings. The highest BCUT2D eigenvalue weighted by atomic mass is 16.3. The molecule has 3 rings (SSSR count). The van der Waals surface area contributed by atoms with Crippen molar-refractivity contribution in [3.8, 4) is 0 Å². The minimum absolute atomic E-state index is 0.159. The number of carbonyl (C=O) groups is 1. The first-order chi connectivity index (χ1) is 9.22. The fourth-order valence-electron chi connectivity index (χ4n) is 1.84. The molecule has 1 N–H and O–H groups in total. The van der Waals surface area contributed by atoms with Crippen LogP contribution in [0.2, 0.25) is 0 Å². The quantitative estimate of drug-likeness (QED) is 0.760. The third-order valence-electron chi connectivity index (χ3n) is 2.90. The zero-order valence-electron chi connectivity index (χ0n) is 10.4. The molecule has 94 valence electrons. The van der Waals surface area contributed by atoms with Gasteiger partial charge >= 0.3 is 0 Å². The lowest BCUT2D eigenvalue weighted by molar-refractivity contribution is 0.102. The van der Waals surface area contributed by atoms with E-state index in [1.165, 1.54) is 6.39 Å². The van der Waals surface area contributed by atoms with E-state index in [2.05, 4.69) is 10.3 Å². The predicted octanol–water partition coefficient (Wildman–Crippen LogP) is 3.39. The van der Waals surface area contributed by atoms with Gasteiger partial charge in [0.15, 0.2) is 12.0 Å². The molecule has 1 amide bonds. The molecule has 3 aromatic rings. The van der Waals surface area contributed by atoms with E-state index in [-0.39, 0.29) is 5.91 Å². The van der Waals surface area contributed by atoms with Gasteiger partial charge in [0.05, 0.1) is 0 Å². The number of aromatic nitrogens is 1. The summed E-state index contributed by atoms with van der Waals surface area (Å²) in [5, 5.41) is 2.84. The number of rotatable bonds is 2. The van der Waals surface area contributed by atoms with Crippen LogP contribution in [-0.2, 0) is 0 Å². The van der Waals surface area contributed by atoms with Crippen LogP contribution in [0.4, 0.5) is 5.69 Å². The van der Waals surface area contributed by atoms with Crippen molar-refractivity contribution >= 4 is 22.7 Å². The molecular weight excluding hydrogens is 240 g/mol. The molecule has 0 saturated carbocycles. The van der Waals surface area contributed by atoms with Gasteiger partial charge in [-0.15, -0.1) is 0 Å². The van der Waals surface area contributed by atoms with E-state index in [9.17, 15) is 4.79 Å². The van der Waals surface area contributed by atoms with E-state index in [0.717, 1.165) is 11.3 Å². The Balaban J connectivity index is 1.84. The fourth-order valence-corrected chi connectivity index (χ4v) is 1.84. The molecule has 2 aromatic carbocycles. The van der Waals surface area contributed by atoms with Crippen molar-refractivity contribution in [1.82, 2.24) is 4.98 Å². The Morgan fingerprint density at radius 1 is 1.16 bits per heavy atom. The molecule has 0 fully saturated rings. The summed E-state index contributed by atoms with van der Waals surface area (Å²) in [5.41, 5.74) is 3.84. The van der Waals surface area contributed by atoms with Gasteiger partial charge in [-0.05, 0) is 37.3 Å². The first-order valence-electron chi connectivity index (χ1n) is 5.94. The second kappa shape index (κ2) is 4.57. The van der Waals surface area contributed by atoms with Gasteiger partial charge in [-0.25, -0.2) is 4.98 Å². The summed E-state index contributed by atoms with van der Waals surface area (Å²) in [6.45, 7) is 2.00. The van der Waals surface area contributed by atoms with Crippen LogP contribution in [-0.4, -0.2) is 10.9 Å². The topological polar surface area (TPSA) is 55.1 Å². The Morgan fingerprint density at radius 3 is 2.74 bits per heavy atom. The van der Waals surface area contributed by atoms with Crippen molar-refractivity contribution in [1.29, 1.82) is 0 Å². The molecule has 19 heavy (non-hydrogen) atoms. The Kier molecular flexibility index (Phi) is 2.76. The van der Waals surface area contributed by atoms with Gasteiger partial charge in [0.1, 0.15) is 5.52 Å². The smallest absolute Gasteiger partial charge is 0.255 e. The second-order valence-electron chi connectivity index (χ2n) is 4.36. The molecule has 4 nitrogen and oxygen atoms in total. The first-order valence-corrected chi connectivity index (χ1v) is 5.94. The van der Waals surface area contributed by atoms with Crippen molar-refractivity contribution in [2.45, 2.75) is 6.92 Å². The lowest BCUT2D eigenvalue weighted by Crippen LogP contribution is -2.11. The van der Waals surface area contributed by atoms with E-state index in [1.54, 1.807) is 18.2 Å². The van der Waals surface area contributed by atoms with Crippen molar-refractivity contribution < 1.29 is 9.21 Å². The minimum Gasteiger partial charge on any atom is -0.443 e. The summed E-state index contributed by atoms with van der Waals surface area (Å²) in [7, 11) is 0. The molecule has 0 bridgehead atoms. The number of fused-ring (bicyclic) bond motifs is 1. The van der Waals surface area contributed by atoms with Crippen LogP contribution < -0.4 is 5.32 Å². The van der Waals surface area contributed by atoms with Gasteiger partial charge in [0.25, 0.3) is 5.91 Å². The second-order valence-corrected chi connectivity index (χ2v) is 4.36. The van der Waals surface area contributed by atoms with E-state index < -0.39 is 0 Å². The lowest BCUT2D eigenvalue weighted by Gasteiger charge is -2.05. The number of carbonyl (C=O) groups excluding carboxylic acids is 1. The lowest BCUT2D eigenvalue weighted by atomic mass is 10.2. The normalized spacial score (nSPS) is 10.6. The van der Waals surface area contributed by atoms with E-state index in [1.807, 2.05) is 31.2 Å². The molecule has 0 spiro atoms. The van der Waals surface area contributed by atoms with Crippen LogP contribution in [0.3, 0.4) is 0 Å². The maximum absolute atomic E-state index is 12.1. The van der Waals surface area contributed by atoms with E-state index >= 15 is 0 Å². The van der Waals surface area contributed by atoms with Crippen LogP contribution in [0.25, 0.3) is 11.1 Å². The predicted molar refractivity (Wildman–Crippen MR) is 73.1 cm³/mol. The van der Waals surface area contributed by atoms with Gasteiger partial charge in [-0.3, -0.25) is 4.79 Å². The highest BCUT2D eigenvalue weighted by Gasteiger charge is 2.08. The fraction of sp³-hybridized carbons (Fsp3) is 0.0667. The summed E-state index contributed by atoms with van der Waals surface area (Å²) in [6, 6.07) is 12.8. The number of aryl methyl sites for hydroxylation is 1. The Morgan fingerprint density at radius 2 is 1.95 bits per heavy atom. The molecule has 0 aliphatic heterocycles. The van der Waals surface area contributed by atoms with Crippen molar-refractivity contribution in [3.63, 3.8) is 0 Å². The Labute approximate surface area is 110 Å². The molecular formula is C15H12N2O2. The largest absolute Gasteiger partial charge is 0.443 e. The molecule has 1 aromatic heterocycles. The van der Waals surface area contributed by atoms with Crippen molar-refractivity contribution in [2.24, 2.45) is 0 Å². The zero-order chi connectivity index (χ0) is 13.2. The van der Waals surface area contributed by atoms with Crippen LogP contribution in [0.5, 0.6) is 0 Å². The van der Waals surface area contributed by atoms with Crippen LogP contribution in [0.1, 0.15) is 15.9 Å². The molecule has 0 aliphatic carbocycles.